The number of rotatable bonds is 1. The Hall–Kier alpha value is -0.510. The Bertz CT molecular complexity index is 310. The molecule has 1 rings (SSSR count). The van der Waals surface area contributed by atoms with Crippen molar-refractivity contribution in [2.24, 2.45) is 0 Å². The molecule has 1 heterocycles. The van der Waals surface area contributed by atoms with Crippen LogP contribution in [0.1, 0.15) is 19.4 Å². The molecule has 0 saturated carbocycles. The van der Waals surface area contributed by atoms with Crippen LogP contribution in [0.2, 0.25) is 10.2 Å². The molecule has 1 aromatic rings. The number of nitrogen functional groups attached to an aromatic ring is 1. The minimum absolute atomic E-state index is 0.157. The van der Waals surface area contributed by atoms with Crippen molar-refractivity contribution in [1.82, 2.24) is 4.98 Å². The highest BCUT2D eigenvalue weighted by Gasteiger charge is 2.23. The van der Waals surface area contributed by atoms with E-state index in [4.69, 9.17) is 28.9 Å². The van der Waals surface area contributed by atoms with Gasteiger partial charge in [-0.2, -0.15) is 0 Å². The van der Waals surface area contributed by atoms with Crippen LogP contribution >= 0.6 is 23.2 Å². The largest absolute Gasteiger partial charge is 0.386 e. The highest BCUT2D eigenvalue weighted by atomic mass is 35.5. The number of hydrogen-bond donors (Lipinski definition) is 2. The zero-order valence-electron chi connectivity index (χ0n) is 7.31. The summed E-state index contributed by atoms with van der Waals surface area (Å²) in [7, 11) is 0. The fraction of sp³-hybridized carbons (Fsp3) is 0.375. The molecule has 5 heteroatoms. The van der Waals surface area contributed by atoms with E-state index >= 15 is 0 Å². The SMILES string of the molecule is CC(C)(O)c1c(Cl)cc(Cl)nc1N. The maximum Gasteiger partial charge on any atom is 0.132 e. The van der Waals surface area contributed by atoms with E-state index in [0.29, 0.717) is 10.6 Å². The van der Waals surface area contributed by atoms with Crippen LogP contribution in [-0.2, 0) is 5.60 Å². The Morgan fingerprint density at radius 2 is 2.00 bits per heavy atom. The van der Waals surface area contributed by atoms with E-state index in [2.05, 4.69) is 4.98 Å². The van der Waals surface area contributed by atoms with Crippen LogP contribution in [0.15, 0.2) is 6.07 Å². The first kappa shape index (κ1) is 10.6. The molecule has 0 aliphatic rings. The molecule has 0 radical (unpaired) electrons. The lowest BCUT2D eigenvalue weighted by Crippen LogP contribution is -2.19. The highest BCUT2D eigenvalue weighted by molar-refractivity contribution is 6.34. The van der Waals surface area contributed by atoms with Gasteiger partial charge in [0.15, 0.2) is 0 Å². The average molecular weight is 221 g/mol. The summed E-state index contributed by atoms with van der Waals surface area (Å²) in [6.45, 7) is 3.17. The molecular formula is C8H10Cl2N2O. The number of aromatic nitrogens is 1. The van der Waals surface area contributed by atoms with Crippen molar-refractivity contribution in [3.63, 3.8) is 0 Å². The van der Waals surface area contributed by atoms with Gasteiger partial charge < -0.3 is 10.8 Å². The van der Waals surface area contributed by atoms with Gasteiger partial charge in [-0.25, -0.2) is 4.98 Å². The fourth-order valence-electron chi connectivity index (χ4n) is 1.11. The molecule has 0 saturated heterocycles. The summed E-state index contributed by atoms with van der Waals surface area (Å²) in [6.07, 6.45) is 0. The average Bonchev–Trinajstić information content (AvgIpc) is 1.78. The third-order valence-corrected chi connectivity index (χ3v) is 2.07. The zero-order valence-corrected chi connectivity index (χ0v) is 8.82. The molecule has 0 amide bonds. The lowest BCUT2D eigenvalue weighted by atomic mass is 9.99. The summed E-state index contributed by atoms with van der Waals surface area (Å²) in [5.41, 5.74) is 4.86. The van der Waals surface area contributed by atoms with Crippen molar-refractivity contribution in [1.29, 1.82) is 0 Å². The molecule has 3 nitrogen and oxygen atoms in total. The summed E-state index contributed by atoms with van der Waals surface area (Å²) in [5.74, 6) is 0.157. The molecule has 0 spiro atoms. The lowest BCUT2D eigenvalue weighted by Gasteiger charge is -2.20. The second-order valence-electron chi connectivity index (χ2n) is 3.25. The molecule has 72 valence electrons. The summed E-state index contributed by atoms with van der Waals surface area (Å²) in [5, 5.41) is 10.2. The van der Waals surface area contributed by atoms with Crippen molar-refractivity contribution >= 4 is 29.0 Å². The first-order valence-electron chi connectivity index (χ1n) is 3.66. The zero-order chi connectivity index (χ0) is 10.2. The number of halogens is 2. The maximum atomic E-state index is 9.69. The molecule has 0 unspecified atom stereocenters. The number of nitrogens with two attached hydrogens (primary N) is 1. The van der Waals surface area contributed by atoms with Crippen LogP contribution < -0.4 is 5.73 Å². The number of aliphatic hydroxyl groups is 1. The van der Waals surface area contributed by atoms with Crippen LogP contribution in [0.5, 0.6) is 0 Å². The van der Waals surface area contributed by atoms with E-state index in [1.807, 2.05) is 0 Å². The number of hydrogen-bond acceptors (Lipinski definition) is 3. The van der Waals surface area contributed by atoms with E-state index in [0.717, 1.165) is 0 Å². The summed E-state index contributed by atoms with van der Waals surface area (Å²) in [4.78, 5) is 3.80. The van der Waals surface area contributed by atoms with E-state index in [9.17, 15) is 5.11 Å². The number of pyridine rings is 1. The summed E-state index contributed by atoms with van der Waals surface area (Å²) in [6, 6.07) is 1.45. The van der Waals surface area contributed by atoms with Crippen molar-refractivity contribution < 1.29 is 5.11 Å². The van der Waals surface area contributed by atoms with Gasteiger partial charge in [-0.05, 0) is 19.9 Å². The van der Waals surface area contributed by atoms with Crippen LogP contribution in [-0.4, -0.2) is 10.1 Å². The molecule has 13 heavy (non-hydrogen) atoms. The molecule has 0 bridgehead atoms. The Labute approximate surface area is 86.5 Å². The van der Waals surface area contributed by atoms with E-state index in [1.165, 1.54) is 6.07 Å². The maximum absolute atomic E-state index is 9.69. The Morgan fingerprint density at radius 1 is 1.46 bits per heavy atom. The Kier molecular flexibility index (Phi) is 2.71. The molecule has 3 N–H and O–H groups in total. The van der Waals surface area contributed by atoms with Crippen LogP contribution in [0.4, 0.5) is 5.82 Å². The first-order valence-corrected chi connectivity index (χ1v) is 4.42. The van der Waals surface area contributed by atoms with Gasteiger partial charge in [-0.3, -0.25) is 0 Å². The van der Waals surface area contributed by atoms with E-state index < -0.39 is 5.60 Å². The van der Waals surface area contributed by atoms with Gasteiger partial charge >= 0.3 is 0 Å². The van der Waals surface area contributed by atoms with Crippen molar-refractivity contribution in [3.8, 4) is 0 Å². The molecule has 0 aromatic carbocycles. The predicted octanol–water partition coefficient (Wildman–Crippen LogP) is 2.20. The Morgan fingerprint density at radius 3 is 2.38 bits per heavy atom. The normalized spacial score (nSPS) is 11.8. The third kappa shape index (κ3) is 2.24. The van der Waals surface area contributed by atoms with Gasteiger partial charge in [0.2, 0.25) is 0 Å². The predicted molar refractivity (Wildman–Crippen MR) is 53.9 cm³/mol. The number of anilines is 1. The van der Waals surface area contributed by atoms with Gasteiger partial charge in [-0.15, -0.1) is 0 Å². The third-order valence-electron chi connectivity index (χ3n) is 1.58. The second kappa shape index (κ2) is 3.33. The smallest absolute Gasteiger partial charge is 0.132 e. The molecular weight excluding hydrogens is 211 g/mol. The second-order valence-corrected chi connectivity index (χ2v) is 4.04. The number of nitrogens with zero attached hydrogens (tertiary/aromatic N) is 1. The molecule has 0 aliphatic heterocycles. The quantitative estimate of drug-likeness (QED) is 0.714. The van der Waals surface area contributed by atoms with Gasteiger partial charge in [0.25, 0.3) is 0 Å². The Balaban J connectivity index is 3.38. The molecule has 0 atom stereocenters. The van der Waals surface area contributed by atoms with Crippen molar-refractivity contribution in [2.45, 2.75) is 19.4 Å². The van der Waals surface area contributed by atoms with Crippen LogP contribution in [0.3, 0.4) is 0 Å². The van der Waals surface area contributed by atoms with Crippen LogP contribution in [0.25, 0.3) is 0 Å². The minimum Gasteiger partial charge on any atom is -0.386 e. The van der Waals surface area contributed by atoms with E-state index in [-0.39, 0.29) is 11.0 Å². The molecule has 1 aromatic heterocycles. The highest BCUT2D eigenvalue weighted by Crippen LogP contribution is 2.32. The first-order chi connectivity index (χ1) is 5.82. The van der Waals surface area contributed by atoms with Gasteiger partial charge in [0.1, 0.15) is 11.0 Å². The van der Waals surface area contributed by atoms with Crippen molar-refractivity contribution in [3.05, 3.63) is 21.8 Å². The summed E-state index contributed by atoms with van der Waals surface area (Å²) < 4.78 is 0. The van der Waals surface area contributed by atoms with Gasteiger partial charge in [0, 0.05) is 5.56 Å². The van der Waals surface area contributed by atoms with Gasteiger partial charge in [-0.1, -0.05) is 23.2 Å². The molecule has 0 aliphatic carbocycles. The molecule has 0 fully saturated rings. The standard InChI is InChI=1S/C8H10Cl2N2O/c1-8(2,13)6-4(9)3-5(10)12-7(6)11/h3,13H,1-2H3,(H2,11,12). The van der Waals surface area contributed by atoms with Crippen LogP contribution in [0, 0.1) is 0 Å². The van der Waals surface area contributed by atoms with E-state index in [1.54, 1.807) is 13.8 Å². The monoisotopic (exact) mass is 220 g/mol. The summed E-state index contributed by atoms with van der Waals surface area (Å²) >= 11 is 11.5. The minimum atomic E-state index is -1.11. The topological polar surface area (TPSA) is 59.1 Å². The van der Waals surface area contributed by atoms with Crippen molar-refractivity contribution in [2.75, 3.05) is 5.73 Å². The van der Waals surface area contributed by atoms with Gasteiger partial charge in [0.05, 0.1) is 10.6 Å². The lowest BCUT2D eigenvalue weighted by molar-refractivity contribution is 0.0792. The fourth-order valence-corrected chi connectivity index (χ4v) is 1.80.